The number of aromatic amines is 1. The lowest BCUT2D eigenvalue weighted by atomic mass is 10.2. The third kappa shape index (κ3) is 3.17. The Morgan fingerprint density at radius 1 is 1.35 bits per heavy atom. The van der Waals surface area contributed by atoms with Crippen molar-refractivity contribution in [2.75, 3.05) is 0 Å². The average Bonchev–Trinajstić information content (AvgIpc) is 2.44. The highest BCUT2D eigenvalue weighted by Gasteiger charge is 2.11. The fraction of sp³-hybridized carbons (Fsp3) is 0.357. The van der Waals surface area contributed by atoms with E-state index in [4.69, 9.17) is 11.6 Å². The smallest absolute Gasteiger partial charge is 0.297 e. The molecule has 2 aromatic rings. The minimum atomic E-state index is -0.469. The first kappa shape index (κ1) is 14.5. The molecule has 0 spiro atoms. The molecule has 20 heavy (non-hydrogen) atoms. The van der Waals surface area contributed by atoms with Crippen LogP contribution in [0.3, 0.4) is 0 Å². The average molecular weight is 294 g/mol. The summed E-state index contributed by atoms with van der Waals surface area (Å²) >= 11 is 5.92. The predicted molar refractivity (Wildman–Crippen MR) is 78.3 cm³/mol. The fourth-order valence-corrected chi connectivity index (χ4v) is 2.30. The van der Waals surface area contributed by atoms with Crippen molar-refractivity contribution in [1.29, 1.82) is 0 Å². The van der Waals surface area contributed by atoms with Crippen LogP contribution < -0.4 is 11.2 Å². The van der Waals surface area contributed by atoms with Crippen molar-refractivity contribution in [2.24, 2.45) is 0 Å². The van der Waals surface area contributed by atoms with E-state index in [2.05, 4.69) is 9.97 Å². The number of pyridine rings is 1. The van der Waals surface area contributed by atoms with Crippen LogP contribution in [0.4, 0.5) is 0 Å². The SMILES string of the molecule is CCCc1c(Cl)[nH]c(=O)n(CCc2cccnc2)c1=O. The fourth-order valence-electron chi connectivity index (χ4n) is 2.04. The summed E-state index contributed by atoms with van der Waals surface area (Å²) in [5, 5.41) is 0.152. The van der Waals surface area contributed by atoms with Crippen molar-refractivity contribution in [2.45, 2.75) is 32.7 Å². The molecule has 0 saturated heterocycles. The molecule has 2 aromatic heterocycles. The number of nitrogens with zero attached hydrogens (tertiary/aromatic N) is 2. The van der Waals surface area contributed by atoms with Gasteiger partial charge >= 0.3 is 5.69 Å². The van der Waals surface area contributed by atoms with Gasteiger partial charge in [0.2, 0.25) is 0 Å². The van der Waals surface area contributed by atoms with Crippen LogP contribution >= 0.6 is 11.6 Å². The Kier molecular flexibility index (Phi) is 4.74. The van der Waals surface area contributed by atoms with Crippen LogP contribution in [-0.4, -0.2) is 14.5 Å². The Labute approximate surface area is 121 Å². The molecule has 0 amide bonds. The number of rotatable bonds is 5. The number of nitrogens with one attached hydrogen (secondary N) is 1. The van der Waals surface area contributed by atoms with Crippen LogP contribution in [0.5, 0.6) is 0 Å². The van der Waals surface area contributed by atoms with Gasteiger partial charge in [-0.2, -0.15) is 0 Å². The van der Waals surface area contributed by atoms with Gasteiger partial charge in [-0.3, -0.25) is 19.3 Å². The van der Waals surface area contributed by atoms with Gasteiger partial charge in [0.05, 0.1) is 5.56 Å². The zero-order valence-electron chi connectivity index (χ0n) is 11.2. The van der Waals surface area contributed by atoms with Crippen LogP contribution in [0.25, 0.3) is 0 Å². The number of hydrogen-bond acceptors (Lipinski definition) is 3. The second-order valence-electron chi connectivity index (χ2n) is 4.54. The lowest BCUT2D eigenvalue weighted by Crippen LogP contribution is -2.38. The van der Waals surface area contributed by atoms with Crippen LogP contribution in [0.2, 0.25) is 5.15 Å². The maximum Gasteiger partial charge on any atom is 0.329 e. The van der Waals surface area contributed by atoms with Crippen molar-refractivity contribution >= 4 is 11.6 Å². The third-order valence-electron chi connectivity index (χ3n) is 3.08. The van der Waals surface area contributed by atoms with Crippen LogP contribution in [0.1, 0.15) is 24.5 Å². The highest BCUT2D eigenvalue weighted by Crippen LogP contribution is 2.08. The molecule has 106 valence electrons. The monoisotopic (exact) mass is 293 g/mol. The molecule has 0 radical (unpaired) electrons. The maximum absolute atomic E-state index is 12.3. The molecule has 0 aromatic carbocycles. The molecule has 0 atom stereocenters. The number of H-pyrrole nitrogens is 1. The van der Waals surface area contributed by atoms with Gasteiger partial charge in [0.25, 0.3) is 5.56 Å². The topological polar surface area (TPSA) is 67.8 Å². The Morgan fingerprint density at radius 3 is 2.80 bits per heavy atom. The van der Waals surface area contributed by atoms with E-state index >= 15 is 0 Å². The highest BCUT2D eigenvalue weighted by atomic mass is 35.5. The highest BCUT2D eigenvalue weighted by molar-refractivity contribution is 6.30. The summed E-state index contributed by atoms with van der Waals surface area (Å²) in [5.74, 6) is 0. The van der Waals surface area contributed by atoms with E-state index in [0.717, 1.165) is 12.0 Å². The summed E-state index contributed by atoms with van der Waals surface area (Å²) in [6.45, 7) is 2.27. The second kappa shape index (κ2) is 6.52. The Morgan fingerprint density at radius 2 is 2.15 bits per heavy atom. The van der Waals surface area contributed by atoms with Crippen LogP contribution in [0.15, 0.2) is 34.1 Å². The first-order valence-corrected chi connectivity index (χ1v) is 6.91. The van der Waals surface area contributed by atoms with Crippen LogP contribution in [-0.2, 0) is 19.4 Å². The summed E-state index contributed by atoms with van der Waals surface area (Å²) < 4.78 is 1.20. The largest absolute Gasteiger partial charge is 0.329 e. The molecule has 2 rings (SSSR count). The molecule has 0 bridgehead atoms. The number of aryl methyl sites for hydroxylation is 1. The van der Waals surface area contributed by atoms with E-state index in [1.807, 2.05) is 19.1 Å². The van der Waals surface area contributed by atoms with Gasteiger partial charge in [-0.15, -0.1) is 0 Å². The normalized spacial score (nSPS) is 10.7. The van der Waals surface area contributed by atoms with Gasteiger partial charge in [-0.05, 0) is 24.5 Å². The molecule has 0 aliphatic heterocycles. The summed E-state index contributed by atoms with van der Waals surface area (Å²) in [6, 6.07) is 3.74. The van der Waals surface area contributed by atoms with Gasteiger partial charge < -0.3 is 0 Å². The van der Waals surface area contributed by atoms with Gasteiger partial charge in [0.1, 0.15) is 5.15 Å². The van der Waals surface area contributed by atoms with Gasteiger partial charge in [-0.1, -0.05) is 31.0 Å². The molecule has 0 unspecified atom stereocenters. The lowest BCUT2D eigenvalue weighted by molar-refractivity contribution is 0.616. The maximum atomic E-state index is 12.3. The molecule has 2 heterocycles. The number of aromatic nitrogens is 3. The second-order valence-corrected chi connectivity index (χ2v) is 4.92. The summed E-state index contributed by atoms with van der Waals surface area (Å²) in [6.07, 6.45) is 5.33. The summed E-state index contributed by atoms with van der Waals surface area (Å²) in [5.41, 5.74) is 0.680. The first-order valence-electron chi connectivity index (χ1n) is 6.54. The first-order chi connectivity index (χ1) is 9.63. The van der Waals surface area contributed by atoms with E-state index in [1.54, 1.807) is 12.4 Å². The molecule has 0 aliphatic rings. The van der Waals surface area contributed by atoms with Gasteiger partial charge in [0.15, 0.2) is 0 Å². The Bertz CT molecular complexity index is 692. The number of hydrogen-bond donors (Lipinski definition) is 1. The third-order valence-corrected chi connectivity index (χ3v) is 3.40. The minimum absolute atomic E-state index is 0.152. The molecule has 1 N–H and O–H groups in total. The molecular formula is C14H16ClN3O2. The van der Waals surface area contributed by atoms with E-state index < -0.39 is 5.69 Å². The lowest BCUT2D eigenvalue weighted by Gasteiger charge is -2.08. The van der Waals surface area contributed by atoms with E-state index in [9.17, 15) is 9.59 Å². The van der Waals surface area contributed by atoms with Gasteiger partial charge in [-0.25, -0.2) is 4.79 Å². The Hall–Kier alpha value is -1.88. The molecule has 0 aliphatic carbocycles. The van der Waals surface area contributed by atoms with E-state index in [-0.39, 0.29) is 10.7 Å². The van der Waals surface area contributed by atoms with E-state index in [1.165, 1.54) is 4.57 Å². The summed E-state index contributed by atoms with van der Waals surface area (Å²) in [4.78, 5) is 30.6. The minimum Gasteiger partial charge on any atom is -0.297 e. The zero-order chi connectivity index (χ0) is 14.5. The number of halogens is 1. The molecule has 0 fully saturated rings. The predicted octanol–water partition coefficient (Wildman–Crippen LogP) is 1.78. The Balaban J connectivity index is 2.30. The quantitative estimate of drug-likeness (QED) is 0.855. The van der Waals surface area contributed by atoms with E-state index in [0.29, 0.717) is 24.9 Å². The molecular weight excluding hydrogens is 278 g/mol. The van der Waals surface area contributed by atoms with Gasteiger partial charge in [0, 0.05) is 18.9 Å². The molecule has 0 saturated carbocycles. The van der Waals surface area contributed by atoms with Crippen molar-refractivity contribution < 1.29 is 0 Å². The van der Waals surface area contributed by atoms with Crippen molar-refractivity contribution in [3.05, 3.63) is 61.6 Å². The summed E-state index contributed by atoms with van der Waals surface area (Å²) in [7, 11) is 0. The van der Waals surface area contributed by atoms with Crippen molar-refractivity contribution in [3.8, 4) is 0 Å². The van der Waals surface area contributed by atoms with Crippen LogP contribution in [0, 0.1) is 0 Å². The molecule has 6 heteroatoms. The standard InChI is InChI=1S/C14H16ClN3O2/c1-2-4-11-12(15)17-14(20)18(13(11)19)8-6-10-5-3-7-16-9-10/h3,5,7,9H,2,4,6,8H2,1H3,(H,17,20). The van der Waals surface area contributed by atoms with Crippen molar-refractivity contribution in [1.82, 2.24) is 14.5 Å². The molecule has 5 nitrogen and oxygen atoms in total. The van der Waals surface area contributed by atoms with Crippen molar-refractivity contribution in [3.63, 3.8) is 0 Å². The zero-order valence-corrected chi connectivity index (χ0v) is 12.0.